The Labute approximate surface area is 112 Å². The molecule has 0 radical (unpaired) electrons. The Morgan fingerprint density at radius 1 is 0.895 bits per heavy atom. The summed E-state index contributed by atoms with van der Waals surface area (Å²) in [7, 11) is 3.87. The number of nitriles is 3. The van der Waals surface area contributed by atoms with Crippen LogP contribution in [0.25, 0.3) is 0 Å². The fraction of sp³-hybridized carbons (Fsp3) is 0.133. The number of anilines is 1. The molecule has 0 N–H and O–H groups in total. The van der Waals surface area contributed by atoms with Crippen LogP contribution >= 0.6 is 0 Å². The molecule has 0 unspecified atom stereocenters. The maximum atomic E-state index is 8.83. The number of nitrogens with zero attached hydrogens (tertiary/aromatic N) is 4. The van der Waals surface area contributed by atoms with E-state index in [0.29, 0.717) is 5.56 Å². The van der Waals surface area contributed by atoms with Crippen LogP contribution in [0.3, 0.4) is 0 Å². The van der Waals surface area contributed by atoms with Crippen LogP contribution in [-0.4, -0.2) is 14.1 Å². The van der Waals surface area contributed by atoms with Crippen LogP contribution in [0, 0.1) is 45.8 Å². The molecule has 1 aromatic carbocycles. The van der Waals surface area contributed by atoms with Crippen molar-refractivity contribution in [2.45, 2.75) is 0 Å². The summed E-state index contributed by atoms with van der Waals surface area (Å²) in [5.74, 6) is 5.31. The molecule has 0 spiro atoms. The minimum absolute atomic E-state index is 0.110. The molecule has 0 aromatic heterocycles. The number of benzene rings is 1. The van der Waals surface area contributed by atoms with E-state index in [1.165, 1.54) is 0 Å². The lowest BCUT2D eigenvalue weighted by atomic mass is 10.1. The Morgan fingerprint density at radius 2 is 1.42 bits per heavy atom. The summed E-state index contributed by atoms with van der Waals surface area (Å²) < 4.78 is 0. The van der Waals surface area contributed by atoms with E-state index in [1.54, 1.807) is 18.2 Å². The Bertz CT molecular complexity index is 661. The highest BCUT2D eigenvalue weighted by atomic mass is 15.1. The summed E-state index contributed by atoms with van der Waals surface area (Å²) in [6.45, 7) is 0. The summed E-state index contributed by atoms with van der Waals surface area (Å²) in [6.07, 6.45) is 0. The number of hydrogen-bond donors (Lipinski definition) is 0. The lowest BCUT2D eigenvalue weighted by Crippen LogP contribution is -2.07. The molecular formula is C15H10N4. The van der Waals surface area contributed by atoms with Crippen LogP contribution < -0.4 is 4.90 Å². The van der Waals surface area contributed by atoms with E-state index in [2.05, 4.69) is 11.8 Å². The predicted molar refractivity (Wildman–Crippen MR) is 71.5 cm³/mol. The van der Waals surface area contributed by atoms with Crippen molar-refractivity contribution in [1.29, 1.82) is 15.8 Å². The third-order valence-electron chi connectivity index (χ3n) is 2.30. The maximum Gasteiger partial charge on any atom is 0.155 e. The Morgan fingerprint density at radius 3 is 1.84 bits per heavy atom. The number of allylic oxidation sites excluding steroid dienone is 2. The zero-order valence-electron chi connectivity index (χ0n) is 10.6. The Balaban J connectivity index is 3.09. The van der Waals surface area contributed by atoms with E-state index >= 15 is 0 Å². The smallest absolute Gasteiger partial charge is 0.155 e. The molecule has 1 aromatic rings. The molecule has 0 amide bonds. The van der Waals surface area contributed by atoms with Crippen molar-refractivity contribution < 1.29 is 0 Å². The fourth-order valence-corrected chi connectivity index (χ4v) is 1.26. The van der Waals surface area contributed by atoms with Crippen molar-refractivity contribution in [1.82, 2.24) is 0 Å². The van der Waals surface area contributed by atoms with Crippen LogP contribution in [0.5, 0.6) is 0 Å². The van der Waals surface area contributed by atoms with Crippen molar-refractivity contribution in [3.63, 3.8) is 0 Å². The van der Waals surface area contributed by atoms with Gasteiger partial charge in [-0.3, -0.25) is 0 Å². The second-order valence-corrected chi connectivity index (χ2v) is 3.78. The molecule has 90 valence electrons. The quantitative estimate of drug-likeness (QED) is 0.561. The molecule has 0 bridgehead atoms. The first-order valence-corrected chi connectivity index (χ1v) is 5.36. The van der Waals surface area contributed by atoms with Gasteiger partial charge in [0.05, 0.1) is 0 Å². The average molecular weight is 246 g/mol. The van der Waals surface area contributed by atoms with Crippen molar-refractivity contribution >= 4 is 5.69 Å². The third-order valence-corrected chi connectivity index (χ3v) is 2.30. The molecule has 1 rings (SSSR count). The molecule has 4 nitrogen and oxygen atoms in total. The van der Waals surface area contributed by atoms with Gasteiger partial charge < -0.3 is 4.90 Å². The lowest BCUT2D eigenvalue weighted by Gasteiger charge is -2.11. The van der Waals surface area contributed by atoms with E-state index in [0.717, 1.165) is 5.69 Å². The third kappa shape index (κ3) is 3.64. The first-order chi connectivity index (χ1) is 9.12. The number of rotatable bonds is 1. The first-order valence-electron chi connectivity index (χ1n) is 5.36. The second-order valence-electron chi connectivity index (χ2n) is 3.78. The summed E-state index contributed by atoms with van der Waals surface area (Å²) in [5.41, 5.74) is 1.38. The van der Waals surface area contributed by atoms with Crippen LogP contribution in [0.1, 0.15) is 5.56 Å². The van der Waals surface area contributed by atoms with Gasteiger partial charge in [-0.25, -0.2) is 0 Å². The van der Waals surface area contributed by atoms with Crippen molar-refractivity contribution in [3.8, 4) is 30.0 Å². The monoisotopic (exact) mass is 246 g/mol. The average Bonchev–Trinajstić information content (AvgIpc) is 2.43. The van der Waals surface area contributed by atoms with Crippen molar-refractivity contribution in [2.24, 2.45) is 0 Å². The SMILES string of the molecule is CN(C)c1ccc(C#CC(C#N)=C(C#N)C#N)cc1. The molecule has 0 fully saturated rings. The minimum atomic E-state index is -0.264. The van der Waals surface area contributed by atoms with Crippen LogP contribution in [0.15, 0.2) is 35.4 Å². The minimum Gasteiger partial charge on any atom is -0.378 e. The fourth-order valence-electron chi connectivity index (χ4n) is 1.26. The van der Waals surface area contributed by atoms with Gasteiger partial charge in [-0.1, -0.05) is 5.92 Å². The molecule has 0 saturated carbocycles. The van der Waals surface area contributed by atoms with Gasteiger partial charge in [-0.05, 0) is 30.2 Å². The molecule has 0 atom stereocenters. The van der Waals surface area contributed by atoms with E-state index in [-0.39, 0.29) is 11.1 Å². The van der Waals surface area contributed by atoms with E-state index in [4.69, 9.17) is 15.8 Å². The standard InChI is InChI=1S/C15H10N4/c1-19(2)15-7-4-12(5-8-15)3-6-13(9-16)14(10-17)11-18/h4-5,7-8H,1-2H3. The second kappa shape index (κ2) is 6.51. The first kappa shape index (κ1) is 13.9. The zero-order chi connectivity index (χ0) is 14.3. The van der Waals surface area contributed by atoms with Gasteiger partial charge in [0.1, 0.15) is 23.8 Å². The summed E-state index contributed by atoms with van der Waals surface area (Å²) in [6, 6.07) is 12.5. The summed E-state index contributed by atoms with van der Waals surface area (Å²) in [5, 5.41) is 26.2. The van der Waals surface area contributed by atoms with E-state index < -0.39 is 0 Å². The Kier molecular flexibility index (Phi) is 4.74. The molecule has 19 heavy (non-hydrogen) atoms. The lowest BCUT2D eigenvalue weighted by molar-refractivity contribution is 1.13. The molecule has 0 aliphatic carbocycles. The summed E-state index contributed by atoms with van der Waals surface area (Å²) >= 11 is 0. The Hall–Kier alpha value is -3.21. The maximum absolute atomic E-state index is 8.83. The predicted octanol–water partition coefficient (Wildman–Crippen LogP) is 1.97. The summed E-state index contributed by atoms with van der Waals surface area (Å²) in [4.78, 5) is 1.96. The highest BCUT2D eigenvalue weighted by Gasteiger charge is 2.01. The molecule has 0 aliphatic heterocycles. The topological polar surface area (TPSA) is 74.6 Å². The number of hydrogen-bond acceptors (Lipinski definition) is 4. The highest BCUT2D eigenvalue weighted by Crippen LogP contribution is 2.11. The van der Waals surface area contributed by atoms with E-state index in [9.17, 15) is 0 Å². The molecule has 0 saturated heterocycles. The van der Waals surface area contributed by atoms with Crippen LogP contribution in [0.4, 0.5) is 5.69 Å². The zero-order valence-corrected chi connectivity index (χ0v) is 10.6. The molecule has 0 heterocycles. The van der Waals surface area contributed by atoms with Crippen molar-refractivity contribution in [2.75, 3.05) is 19.0 Å². The molecular weight excluding hydrogens is 236 g/mol. The van der Waals surface area contributed by atoms with Gasteiger partial charge in [0.15, 0.2) is 5.57 Å². The normalized spacial score (nSPS) is 7.95. The van der Waals surface area contributed by atoms with Crippen molar-refractivity contribution in [3.05, 3.63) is 41.0 Å². The molecule has 4 heteroatoms. The van der Waals surface area contributed by atoms with Gasteiger partial charge >= 0.3 is 0 Å². The van der Waals surface area contributed by atoms with Gasteiger partial charge in [-0.2, -0.15) is 15.8 Å². The van der Waals surface area contributed by atoms with Gasteiger partial charge in [0.2, 0.25) is 0 Å². The van der Waals surface area contributed by atoms with Gasteiger partial charge in [0, 0.05) is 25.3 Å². The highest BCUT2D eigenvalue weighted by molar-refractivity contribution is 5.57. The van der Waals surface area contributed by atoms with Gasteiger partial charge in [-0.15, -0.1) is 0 Å². The van der Waals surface area contributed by atoms with Gasteiger partial charge in [0.25, 0.3) is 0 Å². The van der Waals surface area contributed by atoms with Crippen LogP contribution in [-0.2, 0) is 0 Å². The largest absolute Gasteiger partial charge is 0.378 e. The molecule has 0 aliphatic rings. The van der Waals surface area contributed by atoms with E-state index in [1.807, 2.05) is 43.3 Å². The van der Waals surface area contributed by atoms with Crippen LogP contribution in [0.2, 0.25) is 0 Å².